The minimum atomic E-state index is -0.438. The fourth-order valence-electron chi connectivity index (χ4n) is 2.05. The number of nitrogens with zero attached hydrogens (tertiary/aromatic N) is 3. The molecule has 0 aliphatic carbocycles. The number of anilines is 1. The van der Waals surface area contributed by atoms with Crippen LogP contribution in [0.25, 0.3) is 0 Å². The standard InChI is InChI=1S/C13H19N5O2S/c1-2-4-15-12(19)10-8-20-7-6-18(10)13-16-5-3-9(17-13)11(14)21/h3,5,10H,2,4,6-8H2,1H3,(H2,14,21)(H,15,19). The largest absolute Gasteiger partial charge is 0.388 e. The first-order chi connectivity index (χ1) is 10.1. The van der Waals surface area contributed by atoms with Crippen LogP contribution in [0.3, 0.4) is 0 Å². The molecular weight excluding hydrogens is 290 g/mol. The fraction of sp³-hybridized carbons (Fsp3) is 0.538. The van der Waals surface area contributed by atoms with E-state index < -0.39 is 6.04 Å². The van der Waals surface area contributed by atoms with Crippen molar-refractivity contribution in [3.63, 3.8) is 0 Å². The first kappa shape index (κ1) is 15.6. The molecule has 1 unspecified atom stereocenters. The number of amides is 1. The monoisotopic (exact) mass is 309 g/mol. The molecule has 7 nitrogen and oxygen atoms in total. The number of carbonyl (C=O) groups excluding carboxylic acids is 1. The van der Waals surface area contributed by atoms with Crippen molar-refractivity contribution < 1.29 is 9.53 Å². The smallest absolute Gasteiger partial charge is 0.245 e. The number of nitrogens with one attached hydrogen (secondary N) is 1. The number of rotatable bonds is 5. The van der Waals surface area contributed by atoms with Crippen LogP contribution in [-0.2, 0) is 9.53 Å². The van der Waals surface area contributed by atoms with Crippen LogP contribution in [-0.4, -0.2) is 53.2 Å². The van der Waals surface area contributed by atoms with Crippen molar-refractivity contribution in [1.82, 2.24) is 15.3 Å². The van der Waals surface area contributed by atoms with Crippen LogP contribution in [0.2, 0.25) is 0 Å². The van der Waals surface area contributed by atoms with Gasteiger partial charge in [0.2, 0.25) is 11.9 Å². The number of carbonyl (C=O) groups is 1. The van der Waals surface area contributed by atoms with Gasteiger partial charge in [0.1, 0.15) is 16.7 Å². The summed E-state index contributed by atoms with van der Waals surface area (Å²) in [5.41, 5.74) is 6.09. The van der Waals surface area contributed by atoms with Crippen molar-refractivity contribution in [2.45, 2.75) is 19.4 Å². The summed E-state index contributed by atoms with van der Waals surface area (Å²) < 4.78 is 5.40. The molecule has 3 N–H and O–H groups in total. The Labute approximate surface area is 128 Å². The molecule has 0 aromatic carbocycles. The van der Waals surface area contributed by atoms with Crippen LogP contribution in [0.4, 0.5) is 5.95 Å². The van der Waals surface area contributed by atoms with E-state index in [0.717, 1.165) is 6.42 Å². The highest BCUT2D eigenvalue weighted by Gasteiger charge is 2.31. The molecule has 0 bridgehead atoms. The Hall–Kier alpha value is -1.80. The summed E-state index contributed by atoms with van der Waals surface area (Å²) in [6.07, 6.45) is 2.47. The van der Waals surface area contributed by atoms with Gasteiger partial charge in [-0.05, 0) is 12.5 Å². The van der Waals surface area contributed by atoms with Crippen LogP contribution in [0.1, 0.15) is 19.0 Å². The molecule has 1 aliphatic heterocycles. The highest BCUT2D eigenvalue weighted by Crippen LogP contribution is 2.15. The minimum absolute atomic E-state index is 0.0825. The lowest BCUT2D eigenvalue weighted by molar-refractivity contribution is -0.124. The summed E-state index contributed by atoms with van der Waals surface area (Å²) >= 11 is 4.93. The number of hydrogen-bond acceptors (Lipinski definition) is 6. The molecule has 1 atom stereocenters. The van der Waals surface area contributed by atoms with Gasteiger partial charge < -0.3 is 20.7 Å². The molecular formula is C13H19N5O2S. The van der Waals surface area contributed by atoms with E-state index in [1.807, 2.05) is 11.8 Å². The Morgan fingerprint density at radius 2 is 2.48 bits per heavy atom. The average molecular weight is 309 g/mol. The molecule has 1 aliphatic rings. The van der Waals surface area contributed by atoms with Crippen LogP contribution >= 0.6 is 12.2 Å². The zero-order valence-corrected chi connectivity index (χ0v) is 12.7. The van der Waals surface area contributed by atoms with Crippen LogP contribution in [0, 0.1) is 0 Å². The molecule has 2 rings (SSSR count). The Kier molecular flexibility index (Phi) is 5.40. The maximum atomic E-state index is 12.2. The topological polar surface area (TPSA) is 93.4 Å². The van der Waals surface area contributed by atoms with Gasteiger partial charge in [-0.2, -0.15) is 0 Å². The number of morpholine rings is 1. The average Bonchev–Trinajstić information content (AvgIpc) is 2.52. The van der Waals surface area contributed by atoms with Gasteiger partial charge in [0, 0.05) is 19.3 Å². The van der Waals surface area contributed by atoms with Crippen LogP contribution < -0.4 is 16.0 Å². The van der Waals surface area contributed by atoms with Crippen molar-refractivity contribution in [2.75, 3.05) is 31.2 Å². The second-order valence-electron chi connectivity index (χ2n) is 4.68. The van der Waals surface area contributed by atoms with Crippen molar-refractivity contribution in [3.8, 4) is 0 Å². The third kappa shape index (κ3) is 3.85. The quantitative estimate of drug-likeness (QED) is 0.730. The molecule has 2 heterocycles. The van der Waals surface area contributed by atoms with Gasteiger partial charge in [0.15, 0.2) is 0 Å². The lowest BCUT2D eigenvalue weighted by atomic mass is 10.2. The van der Waals surface area contributed by atoms with Crippen molar-refractivity contribution in [3.05, 3.63) is 18.0 Å². The Bertz CT molecular complexity index is 525. The molecule has 0 saturated carbocycles. The van der Waals surface area contributed by atoms with Crippen molar-refractivity contribution in [1.29, 1.82) is 0 Å². The Morgan fingerprint density at radius 1 is 1.67 bits per heavy atom. The van der Waals surface area contributed by atoms with Crippen molar-refractivity contribution >= 4 is 29.1 Å². The normalized spacial score (nSPS) is 18.3. The summed E-state index contributed by atoms with van der Waals surface area (Å²) in [6, 6.07) is 1.21. The highest BCUT2D eigenvalue weighted by atomic mass is 32.1. The van der Waals surface area contributed by atoms with E-state index in [4.69, 9.17) is 22.7 Å². The third-order valence-electron chi connectivity index (χ3n) is 3.13. The van der Waals surface area contributed by atoms with Gasteiger partial charge in [0.25, 0.3) is 0 Å². The number of aromatic nitrogens is 2. The fourth-order valence-corrected chi connectivity index (χ4v) is 2.16. The summed E-state index contributed by atoms with van der Waals surface area (Å²) in [7, 11) is 0. The van der Waals surface area contributed by atoms with Gasteiger partial charge >= 0.3 is 0 Å². The highest BCUT2D eigenvalue weighted by molar-refractivity contribution is 7.80. The molecule has 0 spiro atoms. The lowest BCUT2D eigenvalue weighted by Gasteiger charge is -2.34. The maximum absolute atomic E-state index is 12.2. The molecule has 114 valence electrons. The molecule has 0 radical (unpaired) electrons. The number of nitrogens with two attached hydrogens (primary N) is 1. The van der Waals surface area contributed by atoms with Gasteiger partial charge in [-0.1, -0.05) is 19.1 Å². The molecule has 21 heavy (non-hydrogen) atoms. The first-order valence-corrected chi connectivity index (χ1v) is 7.29. The summed E-state index contributed by atoms with van der Waals surface area (Å²) in [6.45, 7) is 4.03. The second-order valence-corrected chi connectivity index (χ2v) is 5.12. The zero-order chi connectivity index (χ0) is 15.2. The summed E-state index contributed by atoms with van der Waals surface area (Å²) in [4.78, 5) is 22.8. The third-order valence-corrected chi connectivity index (χ3v) is 3.34. The first-order valence-electron chi connectivity index (χ1n) is 6.88. The van der Waals surface area contributed by atoms with E-state index in [-0.39, 0.29) is 10.9 Å². The minimum Gasteiger partial charge on any atom is -0.388 e. The Morgan fingerprint density at radius 3 is 3.19 bits per heavy atom. The zero-order valence-electron chi connectivity index (χ0n) is 11.9. The molecule has 1 aromatic rings. The molecule has 1 aromatic heterocycles. The van der Waals surface area contributed by atoms with E-state index in [2.05, 4.69) is 15.3 Å². The molecule has 1 saturated heterocycles. The molecule has 1 amide bonds. The maximum Gasteiger partial charge on any atom is 0.245 e. The predicted octanol–water partition coefficient (Wildman–Crippen LogP) is -0.158. The molecule has 8 heteroatoms. The van der Waals surface area contributed by atoms with Crippen LogP contribution in [0.15, 0.2) is 12.3 Å². The summed E-state index contributed by atoms with van der Waals surface area (Å²) in [5.74, 6) is 0.362. The SMILES string of the molecule is CCCNC(=O)C1COCCN1c1nccc(C(N)=S)n1. The van der Waals surface area contributed by atoms with Crippen LogP contribution in [0.5, 0.6) is 0 Å². The molecule has 1 fully saturated rings. The van der Waals surface area contributed by atoms with E-state index in [9.17, 15) is 4.79 Å². The van der Waals surface area contributed by atoms with Crippen molar-refractivity contribution in [2.24, 2.45) is 5.73 Å². The van der Waals surface area contributed by atoms with E-state index in [1.165, 1.54) is 0 Å². The number of ether oxygens (including phenoxy) is 1. The number of thiocarbonyl (C=S) groups is 1. The Balaban J connectivity index is 2.20. The van der Waals surface area contributed by atoms with Gasteiger partial charge in [-0.3, -0.25) is 4.79 Å². The van der Waals surface area contributed by atoms with Gasteiger partial charge in [-0.15, -0.1) is 0 Å². The van der Waals surface area contributed by atoms with E-state index in [1.54, 1.807) is 12.3 Å². The second kappa shape index (κ2) is 7.28. The lowest BCUT2D eigenvalue weighted by Crippen LogP contribution is -2.54. The summed E-state index contributed by atoms with van der Waals surface area (Å²) in [5, 5.41) is 2.87. The van der Waals surface area contributed by atoms with E-state index in [0.29, 0.717) is 37.9 Å². The van der Waals surface area contributed by atoms with Gasteiger partial charge in [-0.25, -0.2) is 9.97 Å². The van der Waals surface area contributed by atoms with Gasteiger partial charge in [0.05, 0.1) is 13.2 Å². The van der Waals surface area contributed by atoms with E-state index >= 15 is 0 Å². The number of hydrogen-bond donors (Lipinski definition) is 2. The predicted molar refractivity (Wildman–Crippen MR) is 83.2 cm³/mol.